The molecule has 1 aromatic carbocycles. The van der Waals surface area contributed by atoms with E-state index in [0.717, 1.165) is 12.8 Å². The molecule has 0 spiro atoms. The molecule has 1 aromatic rings. The monoisotopic (exact) mass is 252 g/mol. The molecule has 1 aliphatic heterocycles. The third kappa shape index (κ3) is 2.61. The van der Waals surface area contributed by atoms with E-state index in [-0.39, 0.29) is 17.5 Å². The Hall–Kier alpha value is -1.62. The molecule has 0 radical (unpaired) electrons. The van der Waals surface area contributed by atoms with E-state index in [1.807, 2.05) is 0 Å². The number of carbonyl (C=O) groups excluding carboxylic acids is 1. The van der Waals surface area contributed by atoms with Crippen molar-refractivity contribution in [1.29, 1.82) is 0 Å². The number of halogens is 1. The molecule has 4 nitrogen and oxygen atoms in total. The van der Waals surface area contributed by atoms with Gasteiger partial charge in [-0.1, -0.05) is 0 Å². The van der Waals surface area contributed by atoms with E-state index in [9.17, 15) is 9.18 Å². The minimum atomic E-state index is -0.444. The van der Waals surface area contributed by atoms with Gasteiger partial charge in [0, 0.05) is 19.1 Å². The zero-order valence-electron chi connectivity index (χ0n) is 10.4. The molecule has 2 rings (SSSR count). The number of amides is 1. The van der Waals surface area contributed by atoms with Crippen LogP contribution in [0.3, 0.4) is 0 Å². The molecule has 2 N–H and O–H groups in total. The van der Waals surface area contributed by atoms with E-state index in [0.29, 0.717) is 18.8 Å². The summed E-state index contributed by atoms with van der Waals surface area (Å²) in [5.41, 5.74) is 6.10. The molecule has 0 aromatic heterocycles. The second-order valence-electron chi connectivity index (χ2n) is 4.50. The van der Waals surface area contributed by atoms with Crippen molar-refractivity contribution in [3.63, 3.8) is 0 Å². The second kappa shape index (κ2) is 5.35. The number of nitrogens with two attached hydrogens (primary N) is 1. The van der Waals surface area contributed by atoms with E-state index >= 15 is 0 Å². The van der Waals surface area contributed by atoms with Crippen molar-refractivity contribution >= 4 is 5.91 Å². The summed E-state index contributed by atoms with van der Waals surface area (Å²) in [6, 6.07) is 3.95. The fourth-order valence-corrected chi connectivity index (χ4v) is 2.21. The molecular formula is C13H17FN2O2. The van der Waals surface area contributed by atoms with Crippen LogP contribution in [0.2, 0.25) is 0 Å². The SMILES string of the molecule is COc1ccc(F)cc1C(=O)N1CCC[C@H](N)C1. The molecule has 0 bridgehead atoms. The molecule has 1 fully saturated rings. The van der Waals surface area contributed by atoms with Gasteiger partial charge in [0.2, 0.25) is 0 Å². The Morgan fingerprint density at radius 2 is 2.33 bits per heavy atom. The van der Waals surface area contributed by atoms with E-state index in [1.165, 1.54) is 25.3 Å². The van der Waals surface area contributed by atoms with E-state index in [2.05, 4.69) is 0 Å². The normalized spacial score (nSPS) is 19.7. The summed E-state index contributed by atoms with van der Waals surface area (Å²) in [5, 5.41) is 0. The molecule has 1 aliphatic rings. The fraction of sp³-hybridized carbons (Fsp3) is 0.462. The smallest absolute Gasteiger partial charge is 0.257 e. The summed E-state index contributed by atoms with van der Waals surface area (Å²) in [7, 11) is 1.46. The van der Waals surface area contributed by atoms with Crippen molar-refractivity contribution in [2.45, 2.75) is 18.9 Å². The molecule has 5 heteroatoms. The Labute approximate surface area is 106 Å². The number of likely N-dealkylation sites (tertiary alicyclic amines) is 1. The average molecular weight is 252 g/mol. The molecule has 1 atom stereocenters. The molecule has 1 saturated heterocycles. The van der Waals surface area contributed by atoms with Crippen LogP contribution >= 0.6 is 0 Å². The summed E-state index contributed by atoms with van der Waals surface area (Å²) in [4.78, 5) is 14.0. The number of hydrogen-bond acceptors (Lipinski definition) is 3. The van der Waals surface area contributed by atoms with Gasteiger partial charge in [-0.05, 0) is 31.0 Å². The first-order valence-electron chi connectivity index (χ1n) is 6.00. The van der Waals surface area contributed by atoms with E-state index in [1.54, 1.807) is 4.90 Å². The lowest BCUT2D eigenvalue weighted by atomic mass is 10.0. The van der Waals surface area contributed by atoms with Crippen LogP contribution in [0.5, 0.6) is 5.75 Å². The Balaban J connectivity index is 2.24. The number of hydrogen-bond donors (Lipinski definition) is 1. The fourth-order valence-electron chi connectivity index (χ4n) is 2.21. The lowest BCUT2D eigenvalue weighted by Gasteiger charge is -2.31. The average Bonchev–Trinajstić information content (AvgIpc) is 2.38. The largest absolute Gasteiger partial charge is 0.496 e. The van der Waals surface area contributed by atoms with Crippen molar-refractivity contribution in [2.75, 3.05) is 20.2 Å². The third-order valence-electron chi connectivity index (χ3n) is 3.14. The first kappa shape index (κ1) is 12.8. The zero-order valence-corrected chi connectivity index (χ0v) is 10.4. The van der Waals surface area contributed by atoms with Crippen LogP contribution in [0.4, 0.5) is 4.39 Å². The first-order chi connectivity index (χ1) is 8.61. The van der Waals surface area contributed by atoms with Crippen LogP contribution in [0.15, 0.2) is 18.2 Å². The Bertz CT molecular complexity index is 451. The van der Waals surface area contributed by atoms with Crippen molar-refractivity contribution < 1.29 is 13.9 Å². The van der Waals surface area contributed by atoms with Crippen molar-refractivity contribution in [2.24, 2.45) is 5.73 Å². The molecule has 0 unspecified atom stereocenters. The zero-order chi connectivity index (χ0) is 13.1. The molecule has 1 heterocycles. The minimum absolute atomic E-state index is 0.00209. The lowest BCUT2D eigenvalue weighted by Crippen LogP contribution is -2.45. The molecule has 98 valence electrons. The Kier molecular flexibility index (Phi) is 3.81. The number of nitrogens with zero attached hydrogens (tertiary/aromatic N) is 1. The van der Waals surface area contributed by atoms with Crippen molar-refractivity contribution in [3.8, 4) is 5.75 Å². The standard InChI is InChI=1S/C13H17FN2O2/c1-18-12-5-4-9(14)7-11(12)13(17)16-6-2-3-10(15)8-16/h4-5,7,10H,2-3,6,8,15H2,1H3/t10-/m0/s1. The summed E-state index contributed by atoms with van der Waals surface area (Å²) >= 11 is 0. The highest BCUT2D eigenvalue weighted by atomic mass is 19.1. The van der Waals surface area contributed by atoms with Gasteiger partial charge in [0.25, 0.3) is 5.91 Å². The molecular weight excluding hydrogens is 235 g/mol. The van der Waals surface area contributed by atoms with Crippen LogP contribution in [-0.4, -0.2) is 37.0 Å². The predicted molar refractivity (Wildman–Crippen MR) is 66.1 cm³/mol. The van der Waals surface area contributed by atoms with Gasteiger partial charge in [-0.2, -0.15) is 0 Å². The molecule has 0 saturated carbocycles. The van der Waals surface area contributed by atoms with Crippen molar-refractivity contribution in [1.82, 2.24) is 4.90 Å². The summed E-state index contributed by atoms with van der Waals surface area (Å²) in [5.74, 6) is -0.275. The number of piperidine rings is 1. The Morgan fingerprint density at radius 1 is 1.56 bits per heavy atom. The predicted octanol–water partition coefficient (Wildman–Crippen LogP) is 1.40. The van der Waals surface area contributed by atoms with Crippen LogP contribution in [0.1, 0.15) is 23.2 Å². The summed E-state index contributed by atoms with van der Waals surface area (Å²) < 4.78 is 18.3. The van der Waals surface area contributed by atoms with Crippen LogP contribution in [0.25, 0.3) is 0 Å². The van der Waals surface area contributed by atoms with Crippen LogP contribution in [0, 0.1) is 5.82 Å². The quantitative estimate of drug-likeness (QED) is 0.865. The van der Waals surface area contributed by atoms with Gasteiger partial charge in [-0.25, -0.2) is 4.39 Å². The third-order valence-corrected chi connectivity index (χ3v) is 3.14. The van der Waals surface area contributed by atoms with Gasteiger partial charge < -0.3 is 15.4 Å². The molecule has 18 heavy (non-hydrogen) atoms. The number of benzene rings is 1. The highest BCUT2D eigenvalue weighted by Crippen LogP contribution is 2.22. The van der Waals surface area contributed by atoms with Crippen molar-refractivity contribution in [3.05, 3.63) is 29.6 Å². The minimum Gasteiger partial charge on any atom is -0.496 e. The summed E-state index contributed by atoms with van der Waals surface area (Å²) in [6.45, 7) is 1.17. The van der Waals surface area contributed by atoms with E-state index < -0.39 is 5.82 Å². The maximum Gasteiger partial charge on any atom is 0.257 e. The van der Waals surface area contributed by atoms with Gasteiger partial charge in [0.05, 0.1) is 12.7 Å². The number of methoxy groups -OCH3 is 1. The molecule has 0 aliphatic carbocycles. The maximum atomic E-state index is 13.2. The van der Waals surface area contributed by atoms with Crippen LogP contribution in [-0.2, 0) is 0 Å². The highest BCUT2D eigenvalue weighted by molar-refractivity contribution is 5.97. The number of rotatable bonds is 2. The lowest BCUT2D eigenvalue weighted by molar-refractivity contribution is 0.0705. The van der Waals surface area contributed by atoms with Gasteiger partial charge in [-0.15, -0.1) is 0 Å². The number of carbonyl (C=O) groups is 1. The molecule has 1 amide bonds. The second-order valence-corrected chi connectivity index (χ2v) is 4.50. The maximum absolute atomic E-state index is 13.2. The first-order valence-corrected chi connectivity index (χ1v) is 6.00. The van der Waals surface area contributed by atoms with Gasteiger partial charge in [0.1, 0.15) is 11.6 Å². The highest BCUT2D eigenvalue weighted by Gasteiger charge is 2.24. The number of ether oxygens (including phenoxy) is 1. The summed E-state index contributed by atoms with van der Waals surface area (Å²) in [6.07, 6.45) is 1.80. The van der Waals surface area contributed by atoms with Gasteiger partial charge in [-0.3, -0.25) is 4.79 Å². The topological polar surface area (TPSA) is 55.6 Å². The van der Waals surface area contributed by atoms with Gasteiger partial charge in [0.15, 0.2) is 0 Å². The van der Waals surface area contributed by atoms with E-state index in [4.69, 9.17) is 10.5 Å². The van der Waals surface area contributed by atoms with Gasteiger partial charge >= 0.3 is 0 Å². The van der Waals surface area contributed by atoms with Crippen LogP contribution < -0.4 is 10.5 Å². The Morgan fingerprint density at radius 3 is 3.00 bits per heavy atom.